The van der Waals surface area contributed by atoms with Crippen LogP contribution in [0, 0.1) is 5.82 Å². The zero-order chi connectivity index (χ0) is 14.3. The maximum absolute atomic E-state index is 12.9. The van der Waals surface area contributed by atoms with Crippen LogP contribution in [0.1, 0.15) is 25.7 Å². The summed E-state index contributed by atoms with van der Waals surface area (Å²) in [7, 11) is -1.43. The maximum Gasteiger partial charge on any atom is 0.240 e. The van der Waals surface area contributed by atoms with E-state index in [9.17, 15) is 12.8 Å². The molecule has 0 saturated carbocycles. The third kappa shape index (κ3) is 2.60. The number of piperidine rings is 1. The number of hydrogen-bond donors (Lipinski definition) is 1. The van der Waals surface area contributed by atoms with E-state index in [1.54, 1.807) is 0 Å². The molecule has 0 aliphatic carbocycles. The predicted octanol–water partition coefficient (Wildman–Crippen LogP) is 1.73. The van der Waals surface area contributed by atoms with Crippen molar-refractivity contribution in [1.82, 2.24) is 9.62 Å². The predicted molar refractivity (Wildman–Crippen MR) is 74.3 cm³/mol. The van der Waals surface area contributed by atoms with Crippen LogP contribution in [0.5, 0.6) is 0 Å². The summed E-state index contributed by atoms with van der Waals surface area (Å²) in [6, 6.07) is 5.91. The van der Waals surface area contributed by atoms with E-state index in [0.717, 1.165) is 25.7 Å². The van der Waals surface area contributed by atoms with Crippen LogP contribution in [0.15, 0.2) is 29.2 Å². The lowest BCUT2D eigenvalue weighted by Gasteiger charge is -2.36. The Morgan fingerprint density at radius 3 is 2.25 bits per heavy atom. The minimum atomic E-state index is -3.55. The van der Waals surface area contributed by atoms with Crippen molar-refractivity contribution in [2.24, 2.45) is 0 Å². The van der Waals surface area contributed by atoms with E-state index < -0.39 is 15.8 Å². The maximum atomic E-state index is 12.9. The first kappa shape index (κ1) is 14.0. The topological polar surface area (TPSA) is 49.4 Å². The quantitative estimate of drug-likeness (QED) is 0.924. The van der Waals surface area contributed by atoms with Gasteiger partial charge >= 0.3 is 0 Å². The normalized spacial score (nSPS) is 30.6. The van der Waals surface area contributed by atoms with Crippen LogP contribution in [0.2, 0.25) is 0 Å². The van der Waals surface area contributed by atoms with Gasteiger partial charge in [-0.2, -0.15) is 0 Å². The van der Waals surface area contributed by atoms with Crippen LogP contribution < -0.4 is 4.72 Å². The van der Waals surface area contributed by atoms with Crippen LogP contribution in [-0.2, 0) is 10.0 Å². The van der Waals surface area contributed by atoms with Crippen LogP contribution in [0.3, 0.4) is 0 Å². The molecule has 110 valence electrons. The fourth-order valence-electron chi connectivity index (χ4n) is 3.41. The first-order valence-electron chi connectivity index (χ1n) is 6.95. The lowest BCUT2D eigenvalue weighted by molar-refractivity contribution is 0.157. The summed E-state index contributed by atoms with van der Waals surface area (Å²) >= 11 is 0. The molecule has 2 saturated heterocycles. The second kappa shape index (κ2) is 5.09. The fourth-order valence-corrected chi connectivity index (χ4v) is 4.67. The van der Waals surface area contributed by atoms with Crippen molar-refractivity contribution in [3.63, 3.8) is 0 Å². The van der Waals surface area contributed by atoms with Gasteiger partial charge in [0.05, 0.1) is 4.90 Å². The molecule has 1 N–H and O–H groups in total. The summed E-state index contributed by atoms with van der Waals surface area (Å²) in [6.07, 6.45) is 4.01. The Bertz CT molecular complexity index is 574. The third-order valence-corrected chi connectivity index (χ3v) is 6.08. The van der Waals surface area contributed by atoms with E-state index in [2.05, 4.69) is 16.7 Å². The Balaban J connectivity index is 1.73. The highest BCUT2D eigenvalue weighted by atomic mass is 32.2. The Kier molecular flexibility index (Phi) is 3.56. The number of sulfonamides is 1. The lowest BCUT2D eigenvalue weighted by atomic mass is 9.99. The molecule has 2 fully saturated rings. The van der Waals surface area contributed by atoms with Gasteiger partial charge in [0.25, 0.3) is 0 Å². The highest BCUT2D eigenvalue weighted by molar-refractivity contribution is 7.89. The summed E-state index contributed by atoms with van der Waals surface area (Å²) in [5.41, 5.74) is 0. The average molecular weight is 298 g/mol. The van der Waals surface area contributed by atoms with E-state index in [-0.39, 0.29) is 10.9 Å². The molecule has 2 aliphatic heterocycles. The Morgan fingerprint density at radius 2 is 1.70 bits per heavy atom. The molecule has 2 aliphatic rings. The summed E-state index contributed by atoms with van der Waals surface area (Å²) in [5, 5.41) is 0. The molecular formula is C14H19FN2O2S. The molecule has 1 aromatic rings. The van der Waals surface area contributed by atoms with Crippen LogP contribution in [0.4, 0.5) is 4.39 Å². The zero-order valence-electron chi connectivity index (χ0n) is 11.4. The SMILES string of the molecule is CN1[C@@H]2CC[C@@H]1CC(NS(=O)(=O)c1ccc(F)cc1)C2. The molecular weight excluding hydrogens is 279 g/mol. The van der Waals surface area contributed by atoms with E-state index in [1.165, 1.54) is 24.3 Å². The van der Waals surface area contributed by atoms with Crippen molar-refractivity contribution in [3.8, 4) is 0 Å². The van der Waals surface area contributed by atoms with Gasteiger partial charge < -0.3 is 4.90 Å². The Labute approximate surface area is 119 Å². The number of nitrogens with one attached hydrogen (secondary N) is 1. The number of nitrogens with zero attached hydrogens (tertiary/aromatic N) is 1. The lowest BCUT2D eigenvalue weighted by Crippen LogP contribution is -2.48. The molecule has 2 atom stereocenters. The minimum Gasteiger partial charge on any atom is -0.300 e. The van der Waals surface area contributed by atoms with Gasteiger partial charge in [-0.1, -0.05) is 0 Å². The zero-order valence-corrected chi connectivity index (χ0v) is 12.2. The van der Waals surface area contributed by atoms with Gasteiger partial charge in [0.1, 0.15) is 5.82 Å². The Hall–Kier alpha value is -0.980. The summed E-state index contributed by atoms with van der Waals surface area (Å²) < 4.78 is 40.2. The molecule has 3 rings (SSSR count). The second-order valence-corrected chi connectivity index (χ2v) is 7.51. The molecule has 0 radical (unpaired) electrons. The number of hydrogen-bond acceptors (Lipinski definition) is 3. The van der Waals surface area contributed by atoms with Gasteiger partial charge in [0.2, 0.25) is 10.0 Å². The number of rotatable bonds is 3. The van der Waals surface area contributed by atoms with E-state index in [4.69, 9.17) is 0 Å². The first-order chi connectivity index (χ1) is 9.45. The molecule has 4 nitrogen and oxygen atoms in total. The van der Waals surface area contributed by atoms with Crippen molar-refractivity contribution in [2.75, 3.05) is 7.05 Å². The first-order valence-corrected chi connectivity index (χ1v) is 8.44. The summed E-state index contributed by atoms with van der Waals surface area (Å²) in [5.74, 6) is -0.429. The molecule has 2 bridgehead atoms. The van der Waals surface area contributed by atoms with E-state index in [0.29, 0.717) is 12.1 Å². The third-order valence-electron chi connectivity index (χ3n) is 4.54. The van der Waals surface area contributed by atoms with Crippen molar-refractivity contribution in [1.29, 1.82) is 0 Å². The van der Waals surface area contributed by atoms with Crippen LogP contribution >= 0.6 is 0 Å². The monoisotopic (exact) mass is 298 g/mol. The molecule has 0 spiro atoms. The summed E-state index contributed by atoms with van der Waals surface area (Å²) in [6.45, 7) is 0. The molecule has 0 aromatic heterocycles. The van der Waals surface area contributed by atoms with Gasteiger partial charge in [-0.05, 0) is 57.0 Å². The van der Waals surface area contributed by atoms with Crippen molar-refractivity contribution < 1.29 is 12.8 Å². The Morgan fingerprint density at radius 1 is 1.15 bits per heavy atom. The smallest absolute Gasteiger partial charge is 0.240 e. The number of fused-ring (bicyclic) bond motifs is 2. The van der Waals surface area contributed by atoms with Gasteiger partial charge in [-0.25, -0.2) is 17.5 Å². The largest absolute Gasteiger partial charge is 0.300 e. The number of benzene rings is 1. The summed E-state index contributed by atoms with van der Waals surface area (Å²) in [4.78, 5) is 2.49. The highest BCUT2D eigenvalue weighted by Crippen LogP contribution is 2.34. The molecule has 20 heavy (non-hydrogen) atoms. The van der Waals surface area contributed by atoms with Gasteiger partial charge in [-0.3, -0.25) is 0 Å². The van der Waals surface area contributed by atoms with Crippen LogP contribution in [0.25, 0.3) is 0 Å². The average Bonchev–Trinajstić information content (AvgIpc) is 2.62. The van der Waals surface area contributed by atoms with E-state index >= 15 is 0 Å². The van der Waals surface area contributed by atoms with Gasteiger partial charge in [-0.15, -0.1) is 0 Å². The number of halogens is 1. The van der Waals surface area contributed by atoms with Crippen molar-refractivity contribution in [2.45, 2.75) is 48.7 Å². The second-order valence-electron chi connectivity index (χ2n) is 5.79. The van der Waals surface area contributed by atoms with Gasteiger partial charge in [0, 0.05) is 18.1 Å². The molecule has 1 aromatic carbocycles. The van der Waals surface area contributed by atoms with E-state index in [1.807, 2.05) is 0 Å². The molecule has 2 heterocycles. The highest BCUT2D eigenvalue weighted by Gasteiger charge is 2.39. The molecule has 0 amide bonds. The fraction of sp³-hybridized carbons (Fsp3) is 0.571. The molecule has 6 heteroatoms. The van der Waals surface area contributed by atoms with Crippen molar-refractivity contribution in [3.05, 3.63) is 30.1 Å². The standard InChI is InChI=1S/C14H19FN2O2S/c1-17-12-4-5-13(17)9-11(8-12)16-20(18,19)14-6-2-10(15)3-7-14/h2-3,6-7,11-13,16H,4-5,8-9H2,1H3/t12-,13-/m1/s1. The van der Waals surface area contributed by atoms with Crippen LogP contribution in [-0.4, -0.2) is 38.5 Å². The van der Waals surface area contributed by atoms with Gasteiger partial charge in [0.15, 0.2) is 0 Å². The molecule has 0 unspecified atom stereocenters. The minimum absolute atomic E-state index is 0.0150. The van der Waals surface area contributed by atoms with Crippen molar-refractivity contribution >= 4 is 10.0 Å².